The highest BCUT2D eigenvalue weighted by Crippen LogP contribution is 2.17. The molecule has 0 amide bonds. The maximum Gasteiger partial charge on any atom is 0.347 e. The molecule has 0 rings (SSSR count). The minimum atomic E-state index is -0.498. The van der Waals surface area contributed by atoms with Crippen LogP contribution in [-0.4, -0.2) is 12.1 Å². The van der Waals surface area contributed by atoms with Crippen molar-refractivity contribution in [2.75, 3.05) is 0 Å². The van der Waals surface area contributed by atoms with Crippen LogP contribution in [0.2, 0.25) is 0 Å². The molecule has 0 aliphatic rings. The molecule has 0 aromatic rings. The largest absolute Gasteiger partial charge is 0.347 e. The number of rotatable bonds is 7. The Kier molecular flexibility index (Phi) is 7.39. The lowest BCUT2D eigenvalue weighted by Gasteiger charge is -2.18. The molecule has 0 aliphatic carbocycles. The summed E-state index contributed by atoms with van der Waals surface area (Å²) in [6.45, 7) is 9.66. The van der Waals surface area contributed by atoms with E-state index in [4.69, 9.17) is 9.78 Å². The Hall–Kier alpha value is -0.570. The summed E-state index contributed by atoms with van der Waals surface area (Å²) in [5.74, 6) is -0.304. The van der Waals surface area contributed by atoms with Gasteiger partial charge in [-0.2, -0.15) is 4.89 Å². The summed E-state index contributed by atoms with van der Waals surface area (Å²) in [5.41, 5.74) is -0.498. The van der Waals surface area contributed by atoms with Gasteiger partial charge in [0.2, 0.25) is 0 Å². The predicted molar refractivity (Wildman–Crippen MR) is 64.9 cm³/mol. The molecule has 0 aromatic carbocycles. The van der Waals surface area contributed by atoms with Crippen LogP contribution < -0.4 is 0 Å². The van der Waals surface area contributed by atoms with Crippen molar-refractivity contribution >= 4 is 5.97 Å². The van der Waals surface area contributed by atoms with E-state index in [1.165, 1.54) is 12.8 Å². The van der Waals surface area contributed by atoms with Gasteiger partial charge in [0, 0.05) is 0 Å². The Morgan fingerprint density at radius 1 is 1.19 bits per heavy atom. The van der Waals surface area contributed by atoms with Gasteiger partial charge in [-0.15, -0.1) is 0 Å². The Morgan fingerprint density at radius 2 is 1.81 bits per heavy atom. The van der Waals surface area contributed by atoms with E-state index >= 15 is 0 Å². The third kappa shape index (κ3) is 6.83. The van der Waals surface area contributed by atoms with E-state index in [1.54, 1.807) is 0 Å². The minimum Gasteiger partial charge on any atom is -0.297 e. The molecule has 0 spiro atoms. The molecule has 0 N–H and O–H groups in total. The van der Waals surface area contributed by atoms with Crippen LogP contribution in [0.4, 0.5) is 0 Å². The van der Waals surface area contributed by atoms with E-state index in [-0.39, 0.29) is 12.1 Å². The van der Waals surface area contributed by atoms with Crippen molar-refractivity contribution in [2.24, 2.45) is 5.41 Å². The van der Waals surface area contributed by atoms with E-state index in [0.717, 1.165) is 19.3 Å². The Balaban J connectivity index is 3.82. The molecule has 16 heavy (non-hydrogen) atoms. The second kappa shape index (κ2) is 7.66. The van der Waals surface area contributed by atoms with Crippen LogP contribution in [0, 0.1) is 5.41 Å². The van der Waals surface area contributed by atoms with E-state index in [9.17, 15) is 4.79 Å². The molecular weight excluding hydrogens is 204 g/mol. The first-order chi connectivity index (χ1) is 7.41. The molecule has 3 nitrogen and oxygen atoms in total. The SMILES string of the molecule is CCCCCC(CC)OOC(=O)C(C)(C)C. The van der Waals surface area contributed by atoms with E-state index in [1.807, 2.05) is 27.7 Å². The molecule has 0 aliphatic heterocycles. The van der Waals surface area contributed by atoms with Gasteiger partial charge in [-0.3, -0.25) is 4.89 Å². The molecule has 0 fully saturated rings. The van der Waals surface area contributed by atoms with Gasteiger partial charge in [-0.25, -0.2) is 4.79 Å². The molecule has 0 saturated heterocycles. The molecule has 0 radical (unpaired) electrons. The summed E-state index contributed by atoms with van der Waals surface area (Å²) in [6.07, 6.45) is 5.40. The van der Waals surface area contributed by atoms with Crippen LogP contribution in [0.5, 0.6) is 0 Å². The Bertz CT molecular complexity index is 194. The second-order valence-corrected chi connectivity index (χ2v) is 5.24. The lowest BCUT2D eigenvalue weighted by molar-refractivity contribution is -0.305. The van der Waals surface area contributed by atoms with Crippen molar-refractivity contribution in [3.05, 3.63) is 0 Å². The average Bonchev–Trinajstić information content (AvgIpc) is 2.21. The summed E-state index contributed by atoms with van der Waals surface area (Å²) in [4.78, 5) is 21.5. The third-order valence-electron chi connectivity index (χ3n) is 2.46. The van der Waals surface area contributed by atoms with Crippen molar-refractivity contribution in [1.82, 2.24) is 0 Å². The van der Waals surface area contributed by atoms with Gasteiger partial charge in [0.1, 0.15) is 6.10 Å². The van der Waals surface area contributed by atoms with Gasteiger partial charge in [0.25, 0.3) is 0 Å². The van der Waals surface area contributed by atoms with Crippen LogP contribution in [0.3, 0.4) is 0 Å². The van der Waals surface area contributed by atoms with Crippen LogP contribution in [-0.2, 0) is 14.6 Å². The minimum absolute atomic E-state index is 0.0397. The number of hydrogen-bond acceptors (Lipinski definition) is 3. The monoisotopic (exact) mass is 230 g/mol. The standard InChI is InChI=1S/C13H26O3/c1-6-8-9-10-11(7-2)15-16-12(14)13(3,4)5/h11H,6-10H2,1-5H3. The van der Waals surface area contributed by atoms with Crippen molar-refractivity contribution < 1.29 is 14.6 Å². The molecule has 0 aromatic heterocycles. The molecule has 1 unspecified atom stereocenters. The zero-order valence-electron chi connectivity index (χ0n) is 11.3. The first kappa shape index (κ1) is 15.4. The van der Waals surface area contributed by atoms with Crippen LogP contribution in [0.1, 0.15) is 66.7 Å². The van der Waals surface area contributed by atoms with Crippen molar-refractivity contribution in [1.29, 1.82) is 0 Å². The molecule has 0 heterocycles. The summed E-state index contributed by atoms with van der Waals surface area (Å²) in [5, 5.41) is 0. The molecule has 1 atom stereocenters. The summed E-state index contributed by atoms with van der Waals surface area (Å²) >= 11 is 0. The second-order valence-electron chi connectivity index (χ2n) is 5.24. The fourth-order valence-corrected chi connectivity index (χ4v) is 1.18. The van der Waals surface area contributed by atoms with Crippen molar-refractivity contribution in [3.8, 4) is 0 Å². The lowest BCUT2D eigenvalue weighted by atomic mass is 9.98. The quantitative estimate of drug-likeness (QED) is 0.378. The fraction of sp³-hybridized carbons (Fsp3) is 0.923. The smallest absolute Gasteiger partial charge is 0.297 e. The van der Waals surface area contributed by atoms with E-state index in [2.05, 4.69) is 6.92 Å². The number of hydrogen-bond donors (Lipinski definition) is 0. The van der Waals surface area contributed by atoms with Crippen molar-refractivity contribution in [2.45, 2.75) is 72.8 Å². The number of carbonyl (C=O) groups excluding carboxylic acids is 1. The van der Waals surface area contributed by atoms with Crippen LogP contribution >= 0.6 is 0 Å². The van der Waals surface area contributed by atoms with Crippen LogP contribution in [0.15, 0.2) is 0 Å². The Morgan fingerprint density at radius 3 is 2.25 bits per heavy atom. The van der Waals surface area contributed by atoms with Gasteiger partial charge in [0.15, 0.2) is 0 Å². The normalized spacial score (nSPS) is 13.6. The molecule has 0 bridgehead atoms. The number of unbranched alkanes of at least 4 members (excludes halogenated alkanes) is 2. The van der Waals surface area contributed by atoms with E-state index < -0.39 is 5.41 Å². The summed E-state index contributed by atoms with van der Waals surface area (Å²) in [6, 6.07) is 0. The third-order valence-corrected chi connectivity index (χ3v) is 2.46. The topological polar surface area (TPSA) is 35.5 Å². The average molecular weight is 230 g/mol. The summed E-state index contributed by atoms with van der Waals surface area (Å²) in [7, 11) is 0. The highest BCUT2D eigenvalue weighted by molar-refractivity contribution is 5.74. The van der Waals surface area contributed by atoms with Gasteiger partial charge < -0.3 is 0 Å². The highest BCUT2D eigenvalue weighted by Gasteiger charge is 2.25. The maximum atomic E-state index is 11.5. The summed E-state index contributed by atoms with van der Waals surface area (Å²) < 4.78 is 0. The van der Waals surface area contributed by atoms with E-state index in [0.29, 0.717) is 0 Å². The predicted octanol–water partition coefficient (Wildman–Crippen LogP) is 3.87. The first-order valence-electron chi connectivity index (χ1n) is 6.29. The molecule has 0 saturated carbocycles. The Labute approximate surface area is 99.4 Å². The molecule has 3 heteroatoms. The zero-order valence-corrected chi connectivity index (χ0v) is 11.3. The highest BCUT2D eigenvalue weighted by atomic mass is 17.2. The molecule has 96 valence electrons. The number of carbonyl (C=O) groups is 1. The van der Waals surface area contributed by atoms with Gasteiger partial charge in [-0.1, -0.05) is 33.1 Å². The lowest BCUT2D eigenvalue weighted by Crippen LogP contribution is -2.25. The van der Waals surface area contributed by atoms with Crippen LogP contribution in [0.25, 0.3) is 0 Å². The van der Waals surface area contributed by atoms with Gasteiger partial charge in [0.05, 0.1) is 5.41 Å². The maximum absolute atomic E-state index is 11.5. The van der Waals surface area contributed by atoms with Crippen molar-refractivity contribution in [3.63, 3.8) is 0 Å². The molecular formula is C13H26O3. The fourth-order valence-electron chi connectivity index (χ4n) is 1.18. The van der Waals surface area contributed by atoms with Gasteiger partial charge in [-0.05, 0) is 33.6 Å². The zero-order chi connectivity index (χ0) is 12.6. The van der Waals surface area contributed by atoms with Gasteiger partial charge >= 0.3 is 5.97 Å². The first-order valence-corrected chi connectivity index (χ1v) is 6.29.